The van der Waals surface area contributed by atoms with Crippen LogP contribution in [0.15, 0.2) is 12.3 Å². The maximum absolute atomic E-state index is 10.1. The number of aliphatic hydroxyl groups is 1. The molecule has 0 atom stereocenters. The van der Waals surface area contributed by atoms with Crippen LogP contribution in [0.3, 0.4) is 0 Å². The highest BCUT2D eigenvalue weighted by atomic mass is 16.7. The van der Waals surface area contributed by atoms with Crippen molar-refractivity contribution in [3.8, 4) is 0 Å². The molecular weight excluding hydrogens is 124 g/mol. The second kappa shape index (κ2) is 5.11. The molecule has 0 aromatic rings. The SMILES string of the molecule is COC(=O)O/C=C/CO. The Kier molecular flexibility index (Phi) is 4.53. The van der Waals surface area contributed by atoms with Crippen molar-refractivity contribution in [1.82, 2.24) is 0 Å². The van der Waals surface area contributed by atoms with Gasteiger partial charge >= 0.3 is 6.16 Å². The van der Waals surface area contributed by atoms with E-state index in [0.717, 1.165) is 6.26 Å². The predicted octanol–water partition coefficient (Wildman–Crippen LogP) is 0.275. The summed E-state index contributed by atoms with van der Waals surface area (Å²) < 4.78 is 8.33. The van der Waals surface area contributed by atoms with E-state index in [4.69, 9.17) is 5.11 Å². The van der Waals surface area contributed by atoms with E-state index < -0.39 is 6.16 Å². The van der Waals surface area contributed by atoms with Gasteiger partial charge in [0.25, 0.3) is 0 Å². The summed E-state index contributed by atoms with van der Waals surface area (Å²) in [7, 11) is 1.20. The largest absolute Gasteiger partial charge is 0.512 e. The third kappa shape index (κ3) is 4.83. The highest BCUT2D eigenvalue weighted by Crippen LogP contribution is 1.81. The molecule has 0 fully saturated rings. The lowest BCUT2D eigenvalue weighted by molar-refractivity contribution is 0.105. The van der Waals surface area contributed by atoms with Crippen LogP contribution in [0.5, 0.6) is 0 Å². The Balaban J connectivity index is 3.26. The van der Waals surface area contributed by atoms with Crippen LogP contribution in [0.4, 0.5) is 4.79 Å². The molecule has 0 aromatic carbocycles. The van der Waals surface area contributed by atoms with E-state index in [1.54, 1.807) is 0 Å². The molecule has 0 saturated carbocycles. The van der Waals surface area contributed by atoms with Crippen LogP contribution >= 0.6 is 0 Å². The standard InChI is InChI=1S/C5H8O4/c1-8-5(7)9-4-2-3-6/h2,4,6H,3H2,1H3/b4-2+. The first-order valence-electron chi connectivity index (χ1n) is 2.31. The number of rotatable bonds is 2. The molecule has 0 radical (unpaired) electrons. The monoisotopic (exact) mass is 132 g/mol. The summed E-state index contributed by atoms with van der Waals surface area (Å²) in [5.41, 5.74) is 0. The summed E-state index contributed by atoms with van der Waals surface area (Å²) in [6, 6.07) is 0. The molecule has 0 bridgehead atoms. The van der Waals surface area contributed by atoms with Gasteiger partial charge in [-0.1, -0.05) is 0 Å². The van der Waals surface area contributed by atoms with Gasteiger partial charge in [0.05, 0.1) is 20.0 Å². The third-order valence-electron chi connectivity index (χ3n) is 0.533. The van der Waals surface area contributed by atoms with E-state index in [-0.39, 0.29) is 6.61 Å². The first kappa shape index (κ1) is 7.97. The van der Waals surface area contributed by atoms with Crippen LogP contribution in [0.2, 0.25) is 0 Å². The van der Waals surface area contributed by atoms with Gasteiger partial charge < -0.3 is 14.6 Å². The fourth-order valence-corrected chi connectivity index (χ4v) is 0.195. The molecule has 9 heavy (non-hydrogen) atoms. The van der Waals surface area contributed by atoms with Crippen molar-refractivity contribution in [2.45, 2.75) is 0 Å². The molecule has 0 spiro atoms. The lowest BCUT2D eigenvalue weighted by Crippen LogP contribution is -1.98. The van der Waals surface area contributed by atoms with E-state index >= 15 is 0 Å². The van der Waals surface area contributed by atoms with E-state index in [1.807, 2.05) is 0 Å². The topological polar surface area (TPSA) is 55.8 Å². The van der Waals surface area contributed by atoms with Crippen LogP contribution in [0, 0.1) is 0 Å². The Morgan fingerprint density at radius 2 is 2.44 bits per heavy atom. The number of aliphatic hydroxyl groups excluding tert-OH is 1. The van der Waals surface area contributed by atoms with E-state index in [1.165, 1.54) is 13.2 Å². The maximum Gasteiger partial charge on any atom is 0.512 e. The van der Waals surface area contributed by atoms with Crippen molar-refractivity contribution < 1.29 is 19.4 Å². The van der Waals surface area contributed by atoms with E-state index in [2.05, 4.69) is 9.47 Å². The Labute approximate surface area is 52.7 Å². The molecule has 0 unspecified atom stereocenters. The number of hydrogen-bond acceptors (Lipinski definition) is 4. The van der Waals surface area contributed by atoms with E-state index in [0.29, 0.717) is 0 Å². The van der Waals surface area contributed by atoms with Crippen molar-refractivity contribution in [3.63, 3.8) is 0 Å². The van der Waals surface area contributed by atoms with Gasteiger partial charge in [0.15, 0.2) is 0 Å². The van der Waals surface area contributed by atoms with E-state index in [9.17, 15) is 4.79 Å². The molecule has 0 aliphatic rings. The van der Waals surface area contributed by atoms with Crippen molar-refractivity contribution in [3.05, 3.63) is 12.3 Å². The summed E-state index contributed by atoms with van der Waals surface area (Å²) >= 11 is 0. The number of ether oxygens (including phenoxy) is 2. The number of carbonyl (C=O) groups is 1. The fourth-order valence-electron chi connectivity index (χ4n) is 0.195. The number of hydrogen-bond donors (Lipinski definition) is 1. The minimum atomic E-state index is -0.792. The zero-order valence-electron chi connectivity index (χ0n) is 5.03. The van der Waals surface area contributed by atoms with Crippen LogP contribution < -0.4 is 0 Å². The van der Waals surface area contributed by atoms with Gasteiger partial charge in [-0.05, 0) is 6.08 Å². The number of carbonyl (C=O) groups excluding carboxylic acids is 1. The quantitative estimate of drug-likeness (QED) is 0.433. The average Bonchev–Trinajstić information content (AvgIpc) is 1.89. The maximum atomic E-state index is 10.1. The molecule has 0 aliphatic heterocycles. The fraction of sp³-hybridized carbons (Fsp3) is 0.400. The van der Waals surface area contributed by atoms with Crippen LogP contribution in [-0.4, -0.2) is 25.0 Å². The highest BCUT2D eigenvalue weighted by molar-refractivity contribution is 5.60. The zero-order chi connectivity index (χ0) is 7.11. The van der Waals surface area contributed by atoms with Gasteiger partial charge in [0.2, 0.25) is 0 Å². The molecule has 0 rings (SSSR count). The molecule has 0 aromatic heterocycles. The predicted molar refractivity (Wildman–Crippen MR) is 29.7 cm³/mol. The molecule has 0 aliphatic carbocycles. The van der Waals surface area contributed by atoms with Crippen molar-refractivity contribution in [2.75, 3.05) is 13.7 Å². The lowest BCUT2D eigenvalue weighted by Gasteiger charge is -1.92. The Hall–Kier alpha value is -1.03. The van der Waals surface area contributed by atoms with Gasteiger partial charge in [-0.2, -0.15) is 0 Å². The first-order chi connectivity index (χ1) is 4.31. The van der Waals surface area contributed by atoms with Gasteiger partial charge in [-0.25, -0.2) is 4.79 Å². The van der Waals surface area contributed by atoms with Crippen LogP contribution in [0.25, 0.3) is 0 Å². The van der Waals surface area contributed by atoms with Crippen LogP contribution in [-0.2, 0) is 9.47 Å². The van der Waals surface area contributed by atoms with Crippen molar-refractivity contribution in [1.29, 1.82) is 0 Å². The Morgan fingerprint density at radius 1 is 1.78 bits per heavy atom. The molecule has 4 heteroatoms. The lowest BCUT2D eigenvalue weighted by atomic mass is 10.7. The molecule has 0 amide bonds. The number of methoxy groups -OCH3 is 1. The van der Waals surface area contributed by atoms with Gasteiger partial charge in [-0.3, -0.25) is 0 Å². The molecule has 1 N–H and O–H groups in total. The van der Waals surface area contributed by atoms with Gasteiger partial charge in [-0.15, -0.1) is 0 Å². The molecule has 0 saturated heterocycles. The smallest absolute Gasteiger partial charge is 0.437 e. The molecule has 4 nitrogen and oxygen atoms in total. The Bertz CT molecular complexity index is 108. The van der Waals surface area contributed by atoms with Crippen molar-refractivity contribution in [2.24, 2.45) is 0 Å². The van der Waals surface area contributed by atoms with Gasteiger partial charge in [0.1, 0.15) is 0 Å². The Morgan fingerprint density at radius 3 is 2.89 bits per heavy atom. The average molecular weight is 132 g/mol. The summed E-state index contributed by atoms with van der Waals surface area (Å²) in [5, 5.41) is 8.13. The summed E-state index contributed by atoms with van der Waals surface area (Å²) in [5.74, 6) is 0. The second-order valence-electron chi connectivity index (χ2n) is 1.13. The molecule has 0 heterocycles. The summed E-state index contributed by atoms with van der Waals surface area (Å²) in [4.78, 5) is 10.1. The summed E-state index contributed by atoms with van der Waals surface area (Å²) in [6.07, 6.45) is 1.54. The zero-order valence-corrected chi connectivity index (χ0v) is 5.03. The minimum Gasteiger partial charge on any atom is -0.437 e. The first-order valence-corrected chi connectivity index (χ1v) is 2.31. The van der Waals surface area contributed by atoms with Crippen LogP contribution in [0.1, 0.15) is 0 Å². The second-order valence-corrected chi connectivity index (χ2v) is 1.13. The summed E-state index contributed by atoms with van der Waals surface area (Å²) in [6.45, 7) is -0.156. The molecular formula is C5H8O4. The minimum absolute atomic E-state index is 0.156. The molecule has 52 valence electrons. The van der Waals surface area contributed by atoms with Gasteiger partial charge in [0, 0.05) is 0 Å². The van der Waals surface area contributed by atoms with Crippen molar-refractivity contribution >= 4 is 6.16 Å². The third-order valence-corrected chi connectivity index (χ3v) is 0.533. The highest BCUT2D eigenvalue weighted by Gasteiger charge is 1.92. The normalized spacial score (nSPS) is 9.56.